The maximum Gasteiger partial charge on any atom is 0.279 e. The lowest BCUT2D eigenvalue weighted by Gasteiger charge is -2.30. The molecule has 0 unspecified atom stereocenters. The number of piperidine rings is 1. The molecular formula is C20H24N6OS. The predicted molar refractivity (Wildman–Crippen MR) is 109 cm³/mol. The van der Waals surface area contributed by atoms with Crippen LogP contribution in [0.15, 0.2) is 41.9 Å². The van der Waals surface area contributed by atoms with Crippen molar-refractivity contribution in [2.45, 2.75) is 32.9 Å². The van der Waals surface area contributed by atoms with Gasteiger partial charge in [0.25, 0.3) is 5.91 Å². The van der Waals surface area contributed by atoms with Gasteiger partial charge in [-0.2, -0.15) is 0 Å². The maximum atomic E-state index is 12.5. The Hall–Kier alpha value is -2.58. The quantitative estimate of drug-likeness (QED) is 0.692. The summed E-state index contributed by atoms with van der Waals surface area (Å²) in [5, 5.41) is 13.5. The van der Waals surface area contributed by atoms with E-state index in [-0.39, 0.29) is 11.6 Å². The van der Waals surface area contributed by atoms with Gasteiger partial charge >= 0.3 is 0 Å². The van der Waals surface area contributed by atoms with Crippen molar-refractivity contribution < 1.29 is 4.79 Å². The average molecular weight is 397 g/mol. The van der Waals surface area contributed by atoms with Gasteiger partial charge in [0.05, 0.1) is 18.4 Å². The topological polar surface area (TPSA) is 75.9 Å². The Morgan fingerprint density at radius 2 is 2.14 bits per heavy atom. The second-order valence-corrected chi connectivity index (χ2v) is 8.23. The molecule has 1 fully saturated rings. The first-order valence-corrected chi connectivity index (χ1v) is 10.5. The normalized spacial score (nSPS) is 17.5. The molecule has 8 heteroatoms. The highest BCUT2D eigenvalue weighted by molar-refractivity contribution is 7.13. The van der Waals surface area contributed by atoms with E-state index < -0.39 is 0 Å². The minimum Gasteiger partial charge on any atom is -0.297 e. The van der Waals surface area contributed by atoms with E-state index in [0.29, 0.717) is 11.7 Å². The van der Waals surface area contributed by atoms with Crippen LogP contribution in [0, 0.1) is 5.92 Å². The number of nitrogens with zero attached hydrogens (tertiary/aromatic N) is 5. The molecule has 7 nitrogen and oxygen atoms in total. The highest BCUT2D eigenvalue weighted by Crippen LogP contribution is 2.21. The van der Waals surface area contributed by atoms with Crippen molar-refractivity contribution in [1.82, 2.24) is 24.9 Å². The number of carbonyl (C=O) groups excluding carboxylic acids is 1. The second-order valence-electron chi connectivity index (χ2n) is 7.37. The SMILES string of the molecule is C[C@@H]1CCCN(Cc2csc(NC(=O)c3cn(Cc4ccccc4)nn3)n2)C1. The van der Waals surface area contributed by atoms with Crippen molar-refractivity contribution in [3.05, 3.63) is 58.9 Å². The lowest BCUT2D eigenvalue weighted by Crippen LogP contribution is -2.33. The van der Waals surface area contributed by atoms with E-state index in [1.807, 2.05) is 35.7 Å². The van der Waals surface area contributed by atoms with Gasteiger partial charge in [0, 0.05) is 18.5 Å². The maximum absolute atomic E-state index is 12.5. The van der Waals surface area contributed by atoms with Gasteiger partial charge in [0.1, 0.15) is 0 Å². The van der Waals surface area contributed by atoms with Gasteiger partial charge in [0.2, 0.25) is 0 Å². The van der Waals surface area contributed by atoms with Crippen molar-refractivity contribution in [3.8, 4) is 0 Å². The van der Waals surface area contributed by atoms with Crippen molar-refractivity contribution in [2.24, 2.45) is 5.92 Å². The Labute approximate surface area is 168 Å². The molecule has 0 spiro atoms. The van der Waals surface area contributed by atoms with Crippen molar-refractivity contribution in [1.29, 1.82) is 0 Å². The van der Waals surface area contributed by atoms with Crippen LogP contribution in [-0.2, 0) is 13.1 Å². The zero-order valence-corrected chi connectivity index (χ0v) is 16.7. The van der Waals surface area contributed by atoms with E-state index in [2.05, 4.69) is 32.4 Å². The third kappa shape index (κ3) is 4.82. The number of rotatable bonds is 6. The number of amides is 1. The van der Waals surface area contributed by atoms with E-state index in [9.17, 15) is 4.79 Å². The number of nitrogens with one attached hydrogen (secondary N) is 1. The minimum atomic E-state index is -0.285. The summed E-state index contributed by atoms with van der Waals surface area (Å²) in [6.45, 7) is 5.95. The van der Waals surface area contributed by atoms with Gasteiger partial charge in [-0.1, -0.05) is 42.5 Å². The molecule has 1 N–H and O–H groups in total. The Morgan fingerprint density at radius 3 is 2.96 bits per heavy atom. The molecule has 146 valence electrons. The Kier molecular flexibility index (Phi) is 5.78. The Morgan fingerprint density at radius 1 is 1.29 bits per heavy atom. The summed E-state index contributed by atoms with van der Waals surface area (Å²) in [5.41, 5.74) is 2.40. The lowest BCUT2D eigenvalue weighted by molar-refractivity contribution is 0.102. The van der Waals surface area contributed by atoms with Gasteiger partial charge in [-0.3, -0.25) is 15.0 Å². The zero-order valence-electron chi connectivity index (χ0n) is 15.9. The number of likely N-dealkylation sites (tertiary alicyclic amines) is 1. The van der Waals surface area contributed by atoms with Crippen LogP contribution in [0.5, 0.6) is 0 Å². The molecule has 2 aromatic heterocycles. The summed E-state index contributed by atoms with van der Waals surface area (Å²) in [4.78, 5) is 19.4. The molecule has 1 aliphatic rings. The fraction of sp³-hybridized carbons (Fsp3) is 0.400. The predicted octanol–water partition coefficient (Wildman–Crippen LogP) is 3.27. The number of aromatic nitrogens is 4. The summed E-state index contributed by atoms with van der Waals surface area (Å²) in [6.07, 6.45) is 4.21. The van der Waals surface area contributed by atoms with Crippen molar-refractivity contribution in [2.75, 3.05) is 18.4 Å². The monoisotopic (exact) mass is 396 g/mol. The number of hydrogen-bond acceptors (Lipinski definition) is 6. The lowest BCUT2D eigenvalue weighted by atomic mass is 10.0. The van der Waals surface area contributed by atoms with Gasteiger partial charge in [-0.05, 0) is 30.9 Å². The van der Waals surface area contributed by atoms with E-state index in [0.717, 1.165) is 36.8 Å². The van der Waals surface area contributed by atoms with Crippen LogP contribution in [0.3, 0.4) is 0 Å². The summed E-state index contributed by atoms with van der Waals surface area (Å²) in [7, 11) is 0. The summed E-state index contributed by atoms with van der Waals surface area (Å²) < 4.78 is 1.66. The summed E-state index contributed by atoms with van der Waals surface area (Å²) in [6, 6.07) is 9.95. The van der Waals surface area contributed by atoms with Gasteiger partial charge in [-0.15, -0.1) is 16.4 Å². The molecule has 4 rings (SSSR count). The first kappa shape index (κ1) is 18.8. The first-order chi connectivity index (χ1) is 13.7. The van der Waals surface area contributed by atoms with Crippen LogP contribution in [0.4, 0.5) is 5.13 Å². The van der Waals surface area contributed by atoms with E-state index in [1.54, 1.807) is 10.9 Å². The van der Waals surface area contributed by atoms with Crippen LogP contribution in [0.1, 0.15) is 41.5 Å². The van der Waals surface area contributed by atoms with Crippen LogP contribution in [-0.4, -0.2) is 43.9 Å². The largest absolute Gasteiger partial charge is 0.297 e. The third-order valence-electron chi connectivity index (χ3n) is 4.86. The van der Waals surface area contributed by atoms with Gasteiger partial charge in [-0.25, -0.2) is 9.67 Å². The van der Waals surface area contributed by atoms with Gasteiger partial charge in [0.15, 0.2) is 10.8 Å². The number of anilines is 1. The Bertz CT molecular complexity index is 922. The molecule has 1 atom stereocenters. The average Bonchev–Trinajstić information content (AvgIpc) is 3.32. The molecule has 0 radical (unpaired) electrons. The smallest absolute Gasteiger partial charge is 0.279 e. The fourth-order valence-electron chi connectivity index (χ4n) is 3.51. The number of hydrogen-bond donors (Lipinski definition) is 1. The van der Waals surface area contributed by atoms with Crippen LogP contribution < -0.4 is 5.32 Å². The number of thiazole rings is 1. The molecule has 0 aliphatic carbocycles. The molecule has 1 saturated heterocycles. The molecular weight excluding hydrogens is 372 g/mol. The highest BCUT2D eigenvalue weighted by atomic mass is 32.1. The zero-order chi connectivity index (χ0) is 19.3. The van der Waals surface area contributed by atoms with Crippen LogP contribution >= 0.6 is 11.3 Å². The van der Waals surface area contributed by atoms with Gasteiger partial charge < -0.3 is 0 Å². The molecule has 0 bridgehead atoms. The van der Waals surface area contributed by atoms with Crippen LogP contribution in [0.2, 0.25) is 0 Å². The molecule has 28 heavy (non-hydrogen) atoms. The number of benzene rings is 1. The molecule has 1 aromatic carbocycles. The summed E-state index contributed by atoms with van der Waals surface area (Å²) in [5.74, 6) is 0.455. The molecule has 3 heterocycles. The van der Waals surface area contributed by atoms with Crippen molar-refractivity contribution in [3.63, 3.8) is 0 Å². The molecule has 3 aromatic rings. The molecule has 1 aliphatic heterocycles. The third-order valence-corrected chi connectivity index (χ3v) is 5.66. The van der Waals surface area contributed by atoms with E-state index in [1.165, 1.54) is 24.2 Å². The van der Waals surface area contributed by atoms with Crippen LogP contribution in [0.25, 0.3) is 0 Å². The summed E-state index contributed by atoms with van der Waals surface area (Å²) >= 11 is 1.45. The van der Waals surface area contributed by atoms with E-state index >= 15 is 0 Å². The first-order valence-electron chi connectivity index (χ1n) is 9.58. The highest BCUT2D eigenvalue weighted by Gasteiger charge is 2.18. The minimum absolute atomic E-state index is 0.285. The van der Waals surface area contributed by atoms with Crippen molar-refractivity contribution >= 4 is 22.4 Å². The standard InChI is InChI=1S/C20H24N6OS/c1-15-6-5-9-25(10-15)12-17-14-28-20(21-17)22-19(27)18-13-26(24-23-18)11-16-7-3-2-4-8-16/h2-4,7-8,13-15H,5-6,9-12H2,1H3,(H,21,22,27)/t15-/m1/s1. The second kappa shape index (κ2) is 8.62. The van der Waals surface area contributed by atoms with E-state index in [4.69, 9.17) is 0 Å². The molecule has 0 saturated carbocycles. The Balaban J connectivity index is 1.33. The fourth-order valence-corrected chi connectivity index (χ4v) is 4.20. The molecule has 1 amide bonds. The number of carbonyl (C=O) groups is 1.